The molecule has 0 atom stereocenters. The molecule has 0 fully saturated rings. The zero-order valence-corrected chi connectivity index (χ0v) is 13.6. The predicted octanol–water partition coefficient (Wildman–Crippen LogP) is 4.03. The molecule has 120 valence electrons. The van der Waals surface area contributed by atoms with Crippen LogP contribution in [0.4, 0.5) is 16.9 Å². The van der Waals surface area contributed by atoms with Gasteiger partial charge in [-0.25, -0.2) is 0 Å². The molecule has 0 spiro atoms. The van der Waals surface area contributed by atoms with E-state index in [2.05, 4.69) is 18.2 Å². The van der Waals surface area contributed by atoms with Crippen molar-refractivity contribution in [1.29, 1.82) is 5.26 Å². The quantitative estimate of drug-likeness (QED) is 0.401. The Morgan fingerprint density at radius 2 is 1.36 bits per heavy atom. The number of hydrogen-bond acceptors (Lipinski definition) is 1. The Bertz CT molecular complexity index is 665. The van der Waals surface area contributed by atoms with E-state index in [4.69, 9.17) is 5.26 Å². The van der Waals surface area contributed by atoms with Crippen LogP contribution < -0.4 is 4.57 Å². The molecule has 22 heavy (non-hydrogen) atoms. The average molecular weight is 431 g/mol. The van der Waals surface area contributed by atoms with E-state index >= 15 is 0 Å². The van der Waals surface area contributed by atoms with E-state index in [0.717, 1.165) is 6.54 Å². The van der Waals surface area contributed by atoms with Gasteiger partial charge in [-0.15, -0.1) is 0 Å². The first-order valence-corrected chi connectivity index (χ1v) is 11.6. The van der Waals surface area contributed by atoms with Gasteiger partial charge in [-0.3, -0.25) is 0 Å². The predicted molar refractivity (Wildman–Crippen MR) is 69.3 cm³/mol. The normalized spacial score (nSPS) is 13.9. The monoisotopic (exact) mass is 430 g/mol. The molecule has 0 bridgehead atoms. The van der Waals surface area contributed by atoms with Crippen LogP contribution in [-0.4, -0.2) is 19.5 Å². The van der Waals surface area contributed by atoms with Gasteiger partial charge < -0.3 is 0 Å². The van der Waals surface area contributed by atoms with Crippen LogP contribution in [0.25, 0.3) is 0 Å². The molecule has 0 aliphatic heterocycles. The van der Waals surface area contributed by atoms with Gasteiger partial charge in [0.2, 0.25) is 0 Å². The van der Waals surface area contributed by atoms with Crippen molar-refractivity contribution in [2.45, 2.75) is 6.54 Å². The summed E-state index contributed by atoms with van der Waals surface area (Å²) in [7, 11) is 0. The van der Waals surface area contributed by atoms with Gasteiger partial charge in [0.1, 0.15) is 0 Å². The number of benzene rings is 1. The van der Waals surface area contributed by atoms with Crippen molar-refractivity contribution in [1.82, 2.24) is 0 Å². The van der Waals surface area contributed by atoms with Crippen LogP contribution in [-0.2, 0) is 6.54 Å². The van der Waals surface area contributed by atoms with Gasteiger partial charge in [0.25, 0.3) is 5.69 Å². The zero-order valence-electron chi connectivity index (χ0n) is 11.0. The van der Waals surface area contributed by atoms with Crippen LogP contribution in [0, 0.1) is 11.3 Å². The molecule has 0 amide bonds. The maximum atomic E-state index is 9.93. The molecule has 0 radical (unpaired) electrons. The molecular formula is C13H11F6N2Sb. The first-order valence-electron chi connectivity index (χ1n) is 5.84. The summed E-state index contributed by atoms with van der Waals surface area (Å²) < 4.78 is 61.5. The number of rotatable bonds is 2. The van der Waals surface area contributed by atoms with Crippen LogP contribution in [0.2, 0.25) is 0 Å². The van der Waals surface area contributed by atoms with E-state index in [1.54, 1.807) is 0 Å². The maximum absolute atomic E-state index is 11.2. The van der Waals surface area contributed by atoms with Crippen molar-refractivity contribution in [2.24, 2.45) is 0 Å². The molecule has 1 aromatic carbocycles. The fraction of sp³-hybridized carbons (Fsp3) is 0.0769. The summed E-state index contributed by atoms with van der Waals surface area (Å²) in [6.45, 7) is 0.741. The third-order valence-corrected chi connectivity index (χ3v) is 2.25. The number of nitriles is 1. The topological polar surface area (TPSA) is 27.7 Å². The first kappa shape index (κ1) is 18.3. The second-order valence-corrected chi connectivity index (χ2v) is 9.74. The van der Waals surface area contributed by atoms with E-state index in [1.807, 2.05) is 47.2 Å². The molecule has 1 aromatic heterocycles. The molecule has 1 heterocycles. The van der Waals surface area contributed by atoms with Crippen molar-refractivity contribution < 1.29 is 21.4 Å². The van der Waals surface area contributed by atoms with E-state index in [-0.39, 0.29) is 0 Å². The van der Waals surface area contributed by atoms with E-state index in [1.165, 1.54) is 5.56 Å². The number of aromatic nitrogens is 1. The molecule has 2 aromatic rings. The summed E-state index contributed by atoms with van der Waals surface area (Å²) in [6.07, 6.45) is 1.92. The van der Waals surface area contributed by atoms with Crippen molar-refractivity contribution in [3.63, 3.8) is 0 Å². The van der Waals surface area contributed by atoms with Crippen LogP contribution in [0.1, 0.15) is 11.3 Å². The molecule has 0 aliphatic carbocycles. The molecule has 0 N–H and O–H groups in total. The Labute approximate surface area is 125 Å². The van der Waals surface area contributed by atoms with Crippen molar-refractivity contribution in [2.75, 3.05) is 0 Å². The first-order chi connectivity index (χ1) is 9.85. The minimum atomic E-state index is -11.2. The Morgan fingerprint density at radius 1 is 0.864 bits per heavy atom. The summed E-state index contributed by atoms with van der Waals surface area (Å²) in [5.74, 6) is 0. The average Bonchev–Trinajstić information content (AvgIpc) is 2.37. The Kier molecular flexibility index (Phi) is 4.83. The number of pyridine rings is 1. The zero-order chi connectivity index (χ0) is 16.9. The fourth-order valence-electron chi connectivity index (χ4n) is 1.50. The molecule has 2 nitrogen and oxygen atoms in total. The van der Waals surface area contributed by atoms with E-state index in [9.17, 15) is 16.9 Å². The second kappa shape index (κ2) is 5.80. The SMILES string of the molecule is N#Cc1cccc[n+]1Cc1ccccc1.[F][Sb-]([F])([F])([F])([F])[F]. The third kappa shape index (κ3) is 10.1. The Morgan fingerprint density at radius 3 is 1.86 bits per heavy atom. The number of nitrogens with zero attached hydrogens (tertiary/aromatic N) is 2. The van der Waals surface area contributed by atoms with Gasteiger partial charge in [0.05, 0.1) is 0 Å². The van der Waals surface area contributed by atoms with Gasteiger partial charge in [-0.2, -0.15) is 9.83 Å². The van der Waals surface area contributed by atoms with Crippen molar-refractivity contribution in [3.8, 4) is 6.07 Å². The molecule has 2 rings (SSSR count). The van der Waals surface area contributed by atoms with E-state index in [0.29, 0.717) is 5.69 Å². The van der Waals surface area contributed by atoms with Gasteiger partial charge >= 0.3 is 36.4 Å². The van der Waals surface area contributed by atoms with Crippen LogP contribution in [0.5, 0.6) is 0 Å². The number of halogens is 6. The summed E-state index contributed by atoms with van der Waals surface area (Å²) >= 11 is -11.2. The molecular weight excluding hydrogens is 420 g/mol. The summed E-state index contributed by atoms with van der Waals surface area (Å²) in [5, 5.41) is 8.93. The number of hydrogen-bond donors (Lipinski definition) is 0. The van der Waals surface area contributed by atoms with Gasteiger partial charge in [-0.1, -0.05) is 30.3 Å². The summed E-state index contributed by atoms with van der Waals surface area (Å²) in [4.78, 5) is 0. The third-order valence-electron chi connectivity index (χ3n) is 2.25. The molecule has 0 saturated carbocycles. The molecule has 0 unspecified atom stereocenters. The van der Waals surface area contributed by atoms with Gasteiger partial charge in [-0.05, 0) is 6.07 Å². The Hall–Kier alpha value is -1.74. The summed E-state index contributed by atoms with van der Waals surface area (Å²) in [5.41, 5.74) is 1.88. The summed E-state index contributed by atoms with van der Waals surface area (Å²) in [6, 6.07) is 17.9. The van der Waals surface area contributed by atoms with Gasteiger partial charge in [0.15, 0.2) is 18.8 Å². The van der Waals surface area contributed by atoms with Crippen LogP contribution >= 0.6 is 0 Å². The molecule has 0 saturated heterocycles. The van der Waals surface area contributed by atoms with Crippen LogP contribution in [0.15, 0.2) is 54.7 Å². The second-order valence-electron chi connectivity index (χ2n) is 4.27. The van der Waals surface area contributed by atoms with Crippen molar-refractivity contribution in [3.05, 3.63) is 66.0 Å². The fourth-order valence-corrected chi connectivity index (χ4v) is 1.50. The van der Waals surface area contributed by atoms with Gasteiger partial charge in [0, 0.05) is 17.7 Å². The Balaban J connectivity index is 0.000000295. The van der Waals surface area contributed by atoms with Crippen molar-refractivity contribution >= 4 is 19.5 Å². The standard InChI is InChI=1S/C13H11N2.6FH.Sb/c14-10-13-8-4-5-9-15(13)11-12-6-2-1-3-7-12;;;;;;;/h1-9H,11H2;6*1H;/q+1;;;;;;;+5/p-6. The van der Waals surface area contributed by atoms with E-state index < -0.39 is 19.5 Å². The minimum absolute atomic E-state index is 0.682. The molecule has 9 heteroatoms. The molecule has 0 aliphatic rings. The van der Waals surface area contributed by atoms with Crippen LogP contribution in [0.3, 0.4) is 0 Å².